The van der Waals surface area contributed by atoms with Gasteiger partial charge in [0.2, 0.25) is 0 Å². The van der Waals surface area contributed by atoms with E-state index in [2.05, 4.69) is 29.2 Å². The smallest absolute Gasteiger partial charge is 0.164 e. The molecule has 0 amide bonds. The molecule has 1 atom stereocenters. The van der Waals surface area contributed by atoms with Gasteiger partial charge in [-0.3, -0.25) is 4.68 Å². The summed E-state index contributed by atoms with van der Waals surface area (Å²) in [5, 5.41) is 7.41. The van der Waals surface area contributed by atoms with Crippen LogP contribution in [-0.4, -0.2) is 33.5 Å². The Bertz CT molecular complexity index is 348. The Labute approximate surface area is 96.2 Å². The summed E-state index contributed by atoms with van der Waals surface area (Å²) in [5.74, 6) is 0.833. The van der Waals surface area contributed by atoms with E-state index in [1.807, 2.05) is 11.7 Å². The third-order valence-electron chi connectivity index (χ3n) is 2.86. The number of rotatable bonds is 4. The molecule has 1 aliphatic rings. The Morgan fingerprint density at radius 3 is 3.06 bits per heavy atom. The van der Waals surface area contributed by atoms with E-state index < -0.39 is 0 Å². The molecule has 1 aliphatic heterocycles. The first-order valence-electron chi connectivity index (χ1n) is 5.80. The predicted molar refractivity (Wildman–Crippen MR) is 61.0 cm³/mol. The van der Waals surface area contributed by atoms with Crippen molar-refractivity contribution in [3.63, 3.8) is 0 Å². The van der Waals surface area contributed by atoms with Crippen molar-refractivity contribution in [2.75, 3.05) is 7.05 Å². The van der Waals surface area contributed by atoms with Crippen LogP contribution in [0.15, 0.2) is 6.33 Å². The number of hydrogen-bond donors (Lipinski definition) is 1. The van der Waals surface area contributed by atoms with Gasteiger partial charge < -0.3 is 10.1 Å². The average Bonchev–Trinajstić information content (AvgIpc) is 2.75. The Morgan fingerprint density at radius 1 is 1.62 bits per heavy atom. The van der Waals surface area contributed by atoms with E-state index in [1.165, 1.54) is 0 Å². The fourth-order valence-corrected chi connectivity index (χ4v) is 2.08. The van der Waals surface area contributed by atoms with Crippen LogP contribution in [0.3, 0.4) is 0 Å². The first kappa shape index (κ1) is 11.5. The molecule has 1 unspecified atom stereocenters. The van der Waals surface area contributed by atoms with Gasteiger partial charge in [-0.1, -0.05) is 0 Å². The van der Waals surface area contributed by atoms with Crippen LogP contribution in [0, 0.1) is 0 Å². The summed E-state index contributed by atoms with van der Waals surface area (Å²) in [6.07, 6.45) is 4.28. The highest BCUT2D eigenvalue weighted by atomic mass is 16.5. The van der Waals surface area contributed by atoms with Crippen LogP contribution in [0.4, 0.5) is 0 Å². The monoisotopic (exact) mass is 224 g/mol. The predicted octanol–water partition coefficient (Wildman–Crippen LogP) is 0.955. The quantitative estimate of drug-likeness (QED) is 0.827. The molecule has 1 N–H and O–H groups in total. The van der Waals surface area contributed by atoms with E-state index in [0.29, 0.717) is 6.54 Å². The van der Waals surface area contributed by atoms with E-state index >= 15 is 0 Å². The standard InChI is InChI=1S/C11H20N4O/c1-11(2)5-4-9(16-11)7-15-8-13-10(14-15)6-12-3/h8-9,12H,4-7H2,1-3H3. The van der Waals surface area contributed by atoms with Gasteiger partial charge in [0.15, 0.2) is 5.82 Å². The number of nitrogens with one attached hydrogen (secondary N) is 1. The highest BCUT2D eigenvalue weighted by Gasteiger charge is 2.31. The van der Waals surface area contributed by atoms with Crippen molar-refractivity contribution in [2.45, 2.75) is 51.5 Å². The third kappa shape index (κ3) is 2.80. The average molecular weight is 224 g/mol. The molecular formula is C11H20N4O. The maximum atomic E-state index is 5.92. The van der Waals surface area contributed by atoms with Crippen LogP contribution < -0.4 is 5.32 Å². The zero-order valence-electron chi connectivity index (χ0n) is 10.2. The first-order valence-corrected chi connectivity index (χ1v) is 5.80. The maximum Gasteiger partial charge on any atom is 0.164 e. The number of aromatic nitrogens is 3. The molecule has 1 aromatic heterocycles. The minimum atomic E-state index is 0.0268. The van der Waals surface area contributed by atoms with E-state index in [-0.39, 0.29) is 11.7 Å². The molecule has 16 heavy (non-hydrogen) atoms. The summed E-state index contributed by atoms with van der Waals surface area (Å²) < 4.78 is 7.79. The normalized spacial score (nSPS) is 23.8. The molecule has 0 aliphatic carbocycles. The van der Waals surface area contributed by atoms with E-state index in [9.17, 15) is 0 Å². The van der Waals surface area contributed by atoms with Gasteiger partial charge in [-0.25, -0.2) is 4.98 Å². The molecule has 0 bridgehead atoms. The van der Waals surface area contributed by atoms with Gasteiger partial charge in [0.05, 0.1) is 24.8 Å². The van der Waals surface area contributed by atoms with Gasteiger partial charge in [0, 0.05) is 0 Å². The van der Waals surface area contributed by atoms with Crippen LogP contribution in [0.1, 0.15) is 32.5 Å². The van der Waals surface area contributed by atoms with E-state index in [0.717, 1.165) is 25.2 Å². The van der Waals surface area contributed by atoms with Crippen LogP contribution in [0.2, 0.25) is 0 Å². The summed E-state index contributed by atoms with van der Waals surface area (Å²) in [4.78, 5) is 4.22. The number of hydrogen-bond acceptors (Lipinski definition) is 4. The highest BCUT2D eigenvalue weighted by Crippen LogP contribution is 2.29. The molecule has 0 spiro atoms. The molecule has 2 rings (SSSR count). The lowest BCUT2D eigenvalue weighted by atomic mass is 10.1. The molecule has 1 saturated heterocycles. The van der Waals surface area contributed by atoms with Gasteiger partial charge in [-0.15, -0.1) is 0 Å². The van der Waals surface area contributed by atoms with E-state index in [4.69, 9.17) is 4.74 Å². The lowest BCUT2D eigenvalue weighted by molar-refractivity contribution is -0.0230. The van der Waals surface area contributed by atoms with Gasteiger partial charge >= 0.3 is 0 Å². The van der Waals surface area contributed by atoms with Crippen LogP contribution in [-0.2, 0) is 17.8 Å². The van der Waals surface area contributed by atoms with Crippen molar-refractivity contribution in [1.82, 2.24) is 20.1 Å². The molecule has 90 valence electrons. The maximum absolute atomic E-state index is 5.92. The minimum absolute atomic E-state index is 0.0268. The van der Waals surface area contributed by atoms with Crippen molar-refractivity contribution >= 4 is 0 Å². The van der Waals surface area contributed by atoms with Crippen molar-refractivity contribution in [1.29, 1.82) is 0 Å². The minimum Gasteiger partial charge on any atom is -0.370 e. The largest absolute Gasteiger partial charge is 0.370 e. The third-order valence-corrected chi connectivity index (χ3v) is 2.86. The topological polar surface area (TPSA) is 52.0 Å². The second-order valence-electron chi connectivity index (χ2n) is 4.95. The van der Waals surface area contributed by atoms with Crippen molar-refractivity contribution in [3.8, 4) is 0 Å². The van der Waals surface area contributed by atoms with Crippen LogP contribution in [0.25, 0.3) is 0 Å². The molecule has 0 radical (unpaired) electrons. The van der Waals surface area contributed by atoms with E-state index in [1.54, 1.807) is 6.33 Å². The second kappa shape index (κ2) is 4.51. The summed E-state index contributed by atoms with van der Waals surface area (Å²) >= 11 is 0. The Balaban J connectivity index is 1.89. The summed E-state index contributed by atoms with van der Waals surface area (Å²) in [6, 6.07) is 0. The molecule has 0 saturated carbocycles. The van der Waals surface area contributed by atoms with Crippen molar-refractivity contribution in [3.05, 3.63) is 12.2 Å². The van der Waals surface area contributed by atoms with Crippen molar-refractivity contribution < 1.29 is 4.74 Å². The Morgan fingerprint density at radius 2 is 2.44 bits per heavy atom. The number of ether oxygens (including phenoxy) is 1. The van der Waals surface area contributed by atoms with Gasteiger partial charge in [-0.2, -0.15) is 5.10 Å². The Hall–Kier alpha value is -0.940. The summed E-state index contributed by atoms with van der Waals surface area (Å²) in [7, 11) is 1.89. The molecule has 5 heteroatoms. The molecule has 2 heterocycles. The molecular weight excluding hydrogens is 204 g/mol. The molecule has 0 aromatic carbocycles. The molecule has 5 nitrogen and oxygen atoms in total. The van der Waals surface area contributed by atoms with Crippen LogP contribution >= 0.6 is 0 Å². The van der Waals surface area contributed by atoms with Gasteiger partial charge in [0.25, 0.3) is 0 Å². The SMILES string of the molecule is CNCc1ncn(CC2CCC(C)(C)O2)n1. The fourth-order valence-electron chi connectivity index (χ4n) is 2.08. The summed E-state index contributed by atoms with van der Waals surface area (Å²) in [5.41, 5.74) is 0.0268. The zero-order valence-corrected chi connectivity index (χ0v) is 10.2. The first-order chi connectivity index (χ1) is 7.59. The highest BCUT2D eigenvalue weighted by molar-refractivity contribution is 4.84. The van der Waals surface area contributed by atoms with Gasteiger partial charge in [0.1, 0.15) is 6.33 Å². The van der Waals surface area contributed by atoms with Crippen molar-refractivity contribution in [2.24, 2.45) is 0 Å². The summed E-state index contributed by atoms with van der Waals surface area (Å²) in [6.45, 7) is 5.80. The molecule has 1 fully saturated rings. The van der Waals surface area contributed by atoms with Gasteiger partial charge in [-0.05, 0) is 33.7 Å². The lowest BCUT2D eigenvalue weighted by Crippen LogP contribution is -2.23. The zero-order chi connectivity index (χ0) is 11.6. The lowest BCUT2D eigenvalue weighted by Gasteiger charge is -2.18. The second-order valence-corrected chi connectivity index (χ2v) is 4.95. The molecule has 1 aromatic rings. The van der Waals surface area contributed by atoms with Crippen LogP contribution in [0.5, 0.6) is 0 Å². The fraction of sp³-hybridized carbons (Fsp3) is 0.818. The number of nitrogens with zero attached hydrogens (tertiary/aromatic N) is 3. The Kier molecular flexibility index (Phi) is 3.25.